The second kappa shape index (κ2) is 10.4. The Labute approximate surface area is 253 Å². The van der Waals surface area contributed by atoms with E-state index in [9.17, 15) is 4.79 Å². The summed E-state index contributed by atoms with van der Waals surface area (Å²) in [5.74, 6) is -0.193. The number of benzene rings is 3. The normalized spacial score (nSPS) is 14.6. The van der Waals surface area contributed by atoms with Crippen molar-refractivity contribution in [3.63, 3.8) is 0 Å². The van der Waals surface area contributed by atoms with Crippen LogP contribution in [0.2, 0.25) is 0 Å². The van der Waals surface area contributed by atoms with Crippen LogP contribution in [0.5, 0.6) is 0 Å². The molecule has 0 saturated carbocycles. The zero-order chi connectivity index (χ0) is 30.7. The van der Waals surface area contributed by atoms with Crippen molar-refractivity contribution in [2.45, 2.75) is 45.1 Å². The Kier molecular flexibility index (Phi) is 6.62. The van der Waals surface area contributed by atoms with Gasteiger partial charge in [0.15, 0.2) is 5.82 Å². The number of aromatic nitrogens is 6. The molecule has 1 fully saturated rings. The van der Waals surface area contributed by atoms with E-state index in [1.165, 1.54) is 16.9 Å². The van der Waals surface area contributed by atoms with Crippen LogP contribution in [0.1, 0.15) is 50.8 Å². The van der Waals surface area contributed by atoms with Crippen LogP contribution in [0, 0.1) is 12.7 Å². The monoisotopic (exact) mass is 590 g/mol. The summed E-state index contributed by atoms with van der Waals surface area (Å²) in [5, 5.41) is 17.7. The van der Waals surface area contributed by atoms with Crippen molar-refractivity contribution < 1.29 is 9.13 Å². The Morgan fingerprint density at radius 2 is 1.84 bits per heavy atom. The zero-order valence-corrected chi connectivity index (χ0v) is 24.9. The Morgan fingerprint density at radius 1 is 1.05 bits per heavy atom. The maximum Gasteiger partial charge on any atom is 0.282 e. The number of H-pyrrole nitrogens is 1. The van der Waals surface area contributed by atoms with E-state index in [0.29, 0.717) is 22.5 Å². The van der Waals surface area contributed by atoms with Crippen LogP contribution in [0.4, 0.5) is 10.2 Å². The Bertz CT molecular complexity index is 2110. The Hall–Kier alpha value is -4.83. The molecule has 3 aromatic carbocycles. The van der Waals surface area contributed by atoms with Crippen molar-refractivity contribution in [3.05, 3.63) is 95.3 Å². The first kappa shape index (κ1) is 28.0. The molecule has 0 atom stereocenters. The molecule has 9 nitrogen and oxygen atoms in total. The topological polar surface area (TPSA) is 117 Å². The van der Waals surface area contributed by atoms with E-state index in [2.05, 4.69) is 27.3 Å². The van der Waals surface area contributed by atoms with Gasteiger partial charge in [0.25, 0.3) is 5.56 Å². The van der Waals surface area contributed by atoms with Gasteiger partial charge < -0.3 is 10.5 Å². The molecule has 1 saturated heterocycles. The molecule has 0 bridgehead atoms. The fourth-order valence-electron chi connectivity index (χ4n) is 6.03. The summed E-state index contributed by atoms with van der Waals surface area (Å²) in [4.78, 5) is 13.7. The SMILES string of the molecule is [CH2]c1c(-c2cc(-c3cnn(C4CCOCC4)c3)c3[nH]nc(N)c3c2)cccc1-n1ncc2cc(C(C)(C)C)cc(F)c2c1=O. The molecule has 223 valence electrons. The highest BCUT2D eigenvalue weighted by atomic mass is 19.1. The van der Waals surface area contributed by atoms with E-state index >= 15 is 4.39 Å². The number of fused-ring (bicyclic) bond motifs is 2. The highest BCUT2D eigenvalue weighted by Gasteiger charge is 2.22. The molecule has 3 aromatic heterocycles. The number of hydrogen-bond acceptors (Lipinski definition) is 6. The number of aromatic amines is 1. The van der Waals surface area contributed by atoms with Crippen molar-refractivity contribution in [1.82, 2.24) is 29.8 Å². The molecule has 1 aliphatic heterocycles. The van der Waals surface area contributed by atoms with Gasteiger partial charge in [-0.05, 0) is 77.8 Å². The van der Waals surface area contributed by atoms with E-state index in [1.807, 2.05) is 68.2 Å². The highest BCUT2D eigenvalue weighted by Crippen LogP contribution is 2.38. The van der Waals surface area contributed by atoms with E-state index in [-0.39, 0.29) is 16.8 Å². The van der Waals surface area contributed by atoms with Gasteiger partial charge in [-0.15, -0.1) is 0 Å². The molecular formula is C34H33FN7O2. The van der Waals surface area contributed by atoms with Gasteiger partial charge in [-0.3, -0.25) is 14.6 Å². The second-order valence-electron chi connectivity index (χ2n) is 12.4. The lowest BCUT2D eigenvalue weighted by Crippen LogP contribution is -2.23. The van der Waals surface area contributed by atoms with Crippen LogP contribution in [0.3, 0.4) is 0 Å². The van der Waals surface area contributed by atoms with Gasteiger partial charge in [0.05, 0.1) is 35.0 Å². The summed E-state index contributed by atoms with van der Waals surface area (Å²) in [7, 11) is 0. The van der Waals surface area contributed by atoms with Gasteiger partial charge in [0.2, 0.25) is 0 Å². The van der Waals surface area contributed by atoms with Crippen LogP contribution in [-0.2, 0) is 10.2 Å². The summed E-state index contributed by atoms with van der Waals surface area (Å²) < 4.78 is 24.1. The molecule has 0 amide bonds. The van der Waals surface area contributed by atoms with Crippen LogP contribution in [0.25, 0.3) is 49.6 Å². The van der Waals surface area contributed by atoms with Gasteiger partial charge in [-0.25, -0.2) is 4.39 Å². The average molecular weight is 591 g/mol. The quantitative estimate of drug-likeness (QED) is 0.247. The lowest BCUT2D eigenvalue weighted by atomic mass is 9.86. The number of nitrogens with zero attached hydrogens (tertiary/aromatic N) is 5. The van der Waals surface area contributed by atoms with E-state index in [1.54, 1.807) is 6.07 Å². The van der Waals surface area contributed by atoms with Crippen molar-refractivity contribution in [2.24, 2.45) is 0 Å². The number of halogens is 1. The highest BCUT2D eigenvalue weighted by molar-refractivity contribution is 6.02. The summed E-state index contributed by atoms with van der Waals surface area (Å²) in [6, 6.07) is 13.1. The molecule has 0 unspecified atom stereocenters. The standard InChI is InChI=1S/C34H33FN7O2/c1-19-25(6-5-7-29(19)42-33(43)30-21(16-38-42)12-23(15-28(30)35)34(2,3)4)20-13-26(31-27(14-20)32(36)40-39-31)22-17-37-41(18-22)24-8-10-44-11-9-24/h5-7,12-18,24H,1,8-11H2,2-4H3,(H3,36,39,40). The first-order valence-corrected chi connectivity index (χ1v) is 14.7. The third-order valence-electron chi connectivity index (χ3n) is 8.58. The summed E-state index contributed by atoms with van der Waals surface area (Å²) >= 11 is 0. The van der Waals surface area contributed by atoms with Crippen molar-refractivity contribution >= 4 is 27.5 Å². The Morgan fingerprint density at radius 3 is 2.61 bits per heavy atom. The van der Waals surface area contributed by atoms with Crippen LogP contribution >= 0.6 is 0 Å². The van der Waals surface area contributed by atoms with Crippen molar-refractivity contribution in [2.75, 3.05) is 18.9 Å². The molecule has 6 aromatic rings. The molecule has 1 radical (unpaired) electrons. The molecule has 10 heteroatoms. The molecular weight excluding hydrogens is 557 g/mol. The number of nitrogens with one attached hydrogen (secondary N) is 1. The molecule has 0 aliphatic carbocycles. The number of nitrogen functional groups attached to an aromatic ring is 1. The lowest BCUT2D eigenvalue weighted by molar-refractivity contribution is 0.0662. The van der Waals surface area contributed by atoms with Crippen LogP contribution in [-0.4, -0.2) is 43.0 Å². The molecule has 1 aliphatic rings. The van der Waals surface area contributed by atoms with Crippen molar-refractivity contribution in [1.29, 1.82) is 0 Å². The van der Waals surface area contributed by atoms with Gasteiger partial charge >= 0.3 is 0 Å². The minimum Gasteiger partial charge on any atom is -0.382 e. The van der Waals surface area contributed by atoms with Crippen LogP contribution in [0.15, 0.2) is 65.8 Å². The largest absolute Gasteiger partial charge is 0.382 e. The summed E-state index contributed by atoms with van der Waals surface area (Å²) in [6.07, 6.45) is 7.26. The van der Waals surface area contributed by atoms with Gasteiger partial charge in [0.1, 0.15) is 5.82 Å². The number of nitrogens with two attached hydrogens (primary N) is 1. The predicted octanol–water partition coefficient (Wildman–Crippen LogP) is 6.34. The molecule has 7 rings (SSSR count). The van der Waals surface area contributed by atoms with Crippen LogP contribution < -0.4 is 11.3 Å². The smallest absolute Gasteiger partial charge is 0.282 e. The maximum atomic E-state index is 15.4. The second-order valence-corrected chi connectivity index (χ2v) is 12.4. The number of rotatable bonds is 4. The predicted molar refractivity (Wildman–Crippen MR) is 170 cm³/mol. The first-order valence-electron chi connectivity index (χ1n) is 14.7. The van der Waals surface area contributed by atoms with Gasteiger partial charge in [-0.1, -0.05) is 32.9 Å². The Balaban J connectivity index is 1.35. The average Bonchev–Trinajstić information content (AvgIpc) is 3.65. The fourth-order valence-corrected chi connectivity index (χ4v) is 6.03. The fraction of sp³-hybridized carbons (Fsp3) is 0.265. The number of anilines is 1. The zero-order valence-electron chi connectivity index (χ0n) is 24.9. The summed E-state index contributed by atoms with van der Waals surface area (Å²) in [5.41, 5.74) is 11.5. The molecule has 4 heterocycles. The molecule has 3 N–H and O–H groups in total. The van der Waals surface area contributed by atoms with Crippen molar-refractivity contribution in [3.8, 4) is 27.9 Å². The summed E-state index contributed by atoms with van der Waals surface area (Å²) in [6.45, 7) is 11.8. The van der Waals surface area contributed by atoms with E-state index in [4.69, 9.17) is 10.5 Å². The third kappa shape index (κ3) is 4.66. The maximum absolute atomic E-state index is 15.4. The molecule has 44 heavy (non-hydrogen) atoms. The molecule has 0 spiro atoms. The number of ether oxygens (including phenoxy) is 1. The first-order chi connectivity index (χ1) is 21.1. The number of hydrogen-bond donors (Lipinski definition) is 2. The lowest BCUT2D eigenvalue weighted by Gasteiger charge is -2.22. The van der Waals surface area contributed by atoms with E-state index < -0.39 is 11.4 Å². The minimum atomic E-state index is -0.567. The van der Waals surface area contributed by atoms with Gasteiger partial charge in [-0.2, -0.15) is 20.0 Å². The third-order valence-corrected chi connectivity index (χ3v) is 8.58. The minimum absolute atomic E-state index is 0.00535. The van der Waals surface area contributed by atoms with E-state index in [0.717, 1.165) is 64.8 Å². The van der Waals surface area contributed by atoms with Gasteiger partial charge in [0, 0.05) is 41.3 Å².